The van der Waals surface area contributed by atoms with Gasteiger partial charge in [-0.1, -0.05) is 6.07 Å². The molecule has 0 aliphatic rings. The Morgan fingerprint density at radius 1 is 1.11 bits per heavy atom. The van der Waals surface area contributed by atoms with Crippen molar-refractivity contribution in [3.05, 3.63) is 48.3 Å². The summed E-state index contributed by atoms with van der Waals surface area (Å²) < 4.78 is 3.29. The molecule has 2 aromatic heterocycles. The fourth-order valence-corrected chi connectivity index (χ4v) is 2.87. The molecule has 3 aromatic rings. The highest BCUT2D eigenvalue weighted by atomic mass is 127. The first kappa shape index (κ1) is 13.4. The average Bonchev–Trinajstić information content (AvgIpc) is 2.72. The largest absolute Gasteiger partial charge is 1.00 e. The van der Waals surface area contributed by atoms with Crippen LogP contribution >= 0.6 is 11.3 Å². The summed E-state index contributed by atoms with van der Waals surface area (Å²) in [5.74, 6) is 0. The second kappa shape index (κ2) is 5.32. The maximum atomic E-state index is 4.66. The van der Waals surface area contributed by atoms with Crippen LogP contribution in [0.1, 0.15) is 5.56 Å². The predicted octanol–water partition coefficient (Wildman–Crippen LogP) is 0.100. The van der Waals surface area contributed by atoms with E-state index in [9.17, 15) is 0 Å². The molecular weight excluding hydrogens is 355 g/mol. The van der Waals surface area contributed by atoms with Crippen molar-refractivity contribution < 1.29 is 28.5 Å². The Labute approximate surface area is 127 Å². The second-order valence-electron chi connectivity index (χ2n) is 4.24. The first-order valence-electron chi connectivity index (χ1n) is 5.55. The fraction of sp³-hybridized carbons (Fsp3) is 0.143. The molecule has 0 N–H and O–H groups in total. The number of hydrogen-bond acceptors (Lipinski definition) is 2. The first-order valence-corrected chi connectivity index (χ1v) is 6.37. The van der Waals surface area contributed by atoms with Gasteiger partial charge in [0.05, 0.1) is 10.2 Å². The highest BCUT2D eigenvalue weighted by Crippen LogP contribution is 2.29. The number of nitrogens with zero attached hydrogens (tertiary/aromatic N) is 2. The standard InChI is InChI=1S/C14H13N2S.HI/c1-10-3-4-12-13(9-10)17-14(15-12)11-5-7-16(2)8-6-11;/h3-9H,1-2H3;1H/q+1;/p-1. The van der Waals surface area contributed by atoms with Crippen molar-refractivity contribution in [2.75, 3.05) is 0 Å². The molecule has 0 amide bonds. The second-order valence-corrected chi connectivity index (χ2v) is 5.27. The van der Waals surface area contributed by atoms with Gasteiger partial charge in [0.25, 0.3) is 0 Å². The molecule has 18 heavy (non-hydrogen) atoms. The fourth-order valence-electron chi connectivity index (χ4n) is 1.80. The van der Waals surface area contributed by atoms with E-state index in [-0.39, 0.29) is 24.0 Å². The molecule has 3 rings (SSSR count). The van der Waals surface area contributed by atoms with E-state index in [4.69, 9.17) is 0 Å². The highest BCUT2D eigenvalue weighted by molar-refractivity contribution is 7.21. The summed E-state index contributed by atoms with van der Waals surface area (Å²) in [6.45, 7) is 2.11. The molecule has 1 aromatic carbocycles. The normalized spacial score (nSPS) is 10.3. The molecule has 0 aliphatic carbocycles. The monoisotopic (exact) mass is 368 g/mol. The zero-order chi connectivity index (χ0) is 11.8. The van der Waals surface area contributed by atoms with E-state index in [0.717, 1.165) is 10.5 Å². The number of halogens is 1. The number of benzene rings is 1. The Kier molecular flexibility index (Phi) is 3.97. The van der Waals surface area contributed by atoms with Gasteiger partial charge >= 0.3 is 0 Å². The average molecular weight is 368 g/mol. The molecule has 2 heterocycles. The molecule has 0 spiro atoms. The molecule has 0 aliphatic heterocycles. The zero-order valence-corrected chi connectivity index (χ0v) is 13.2. The van der Waals surface area contributed by atoms with E-state index >= 15 is 0 Å². The van der Waals surface area contributed by atoms with Crippen LogP contribution in [-0.4, -0.2) is 4.98 Å². The van der Waals surface area contributed by atoms with Crippen LogP contribution < -0.4 is 28.5 Å². The van der Waals surface area contributed by atoms with Crippen molar-refractivity contribution in [1.29, 1.82) is 0 Å². The summed E-state index contributed by atoms with van der Waals surface area (Å²) in [5, 5.41) is 1.09. The number of aryl methyl sites for hydroxylation is 2. The lowest BCUT2D eigenvalue weighted by Crippen LogP contribution is -3.00. The predicted molar refractivity (Wildman–Crippen MR) is 71.0 cm³/mol. The molecule has 0 unspecified atom stereocenters. The van der Waals surface area contributed by atoms with Gasteiger partial charge in [0, 0.05) is 17.7 Å². The summed E-state index contributed by atoms with van der Waals surface area (Å²) in [5.41, 5.74) is 3.55. The van der Waals surface area contributed by atoms with Crippen molar-refractivity contribution in [2.24, 2.45) is 7.05 Å². The summed E-state index contributed by atoms with van der Waals surface area (Å²) in [7, 11) is 2.02. The Morgan fingerprint density at radius 3 is 2.56 bits per heavy atom. The van der Waals surface area contributed by atoms with E-state index in [0.29, 0.717) is 0 Å². The van der Waals surface area contributed by atoms with E-state index in [1.807, 2.05) is 24.0 Å². The van der Waals surface area contributed by atoms with Crippen LogP contribution in [-0.2, 0) is 7.05 Å². The Bertz CT molecular complexity index is 674. The Hall–Kier alpha value is -1.01. The number of thiazole rings is 1. The van der Waals surface area contributed by atoms with Crippen molar-refractivity contribution in [3.63, 3.8) is 0 Å². The van der Waals surface area contributed by atoms with Gasteiger partial charge in [-0.05, 0) is 24.6 Å². The van der Waals surface area contributed by atoms with Crippen LogP contribution in [0.4, 0.5) is 0 Å². The lowest BCUT2D eigenvalue weighted by atomic mass is 10.2. The molecule has 92 valence electrons. The quantitative estimate of drug-likeness (QED) is 0.440. The van der Waals surface area contributed by atoms with Gasteiger partial charge in [-0.25, -0.2) is 9.55 Å². The number of hydrogen-bond donors (Lipinski definition) is 0. The number of rotatable bonds is 1. The van der Waals surface area contributed by atoms with Gasteiger partial charge in [-0.15, -0.1) is 11.3 Å². The van der Waals surface area contributed by atoms with Crippen molar-refractivity contribution in [1.82, 2.24) is 4.98 Å². The summed E-state index contributed by atoms with van der Waals surface area (Å²) in [6.07, 6.45) is 4.10. The molecule has 0 saturated carbocycles. The third-order valence-corrected chi connectivity index (χ3v) is 3.84. The third kappa shape index (κ3) is 2.54. The minimum Gasteiger partial charge on any atom is -1.00 e. The van der Waals surface area contributed by atoms with Crippen LogP contribution in [0, 0.1) is 6.92 Å². The molecule has 0 fully saturated rings. The van der Waals surface area contributed by atoms with Crippen LogP contribution in [0.2, 0.25) is 0 Å². The summed E-state index contributed by atoms with van der Waals surface area (Å²) in [6, 6.07) is 10.6. The lowest BCUT2D eigenvalue weighted by Gasteiger charge is -1.92. The summed E-state index contributed by atoms with van der Waals surface area (Å²) >= 11 is 1.75. The van der Waals surface area contributed by atoms with E-state index in [2.05, 4.69) is 42.2 Å². The zero-order valence-electron chi connectivity index (χ0n) is 10.2. The van der Waals surface area contributed by atoms with Crippen molar-refractivity contribution >= 4 is 21.6 Å². The smallest absolute Gasteiger partial charge is 0.169 e. The highest BCUT2D eigenvalue weighted by Gasteiger charge is 2.07. The third-order valence-electron chi connectivity index (χ3n) is 2.77. The molecule has 2 nitrogen and oxygen atoms in total. The molecule has 0 radical (unpaired) electrons. The van der Waals surface area contributed by atoms with Gasteiger partial charge in [0.15, 0.2) is 12.4 Å². The van der Waals surface area contributed by atoms with Crippen molar-refractivity contribution in [3.8, 4) is 10.6 Å². The van der Waals surface area contributed by atoms with Crippen LogP contribution in [0.3, 0.4) is 0 Å². The Morgan fingerprint density at radius 2 is 1.83 bits per heavy atom. The van der Waals surface area contributed by atoms with E-state index in [1.165, 1.54) is 15.8 Å². The SMILES string of the molecule is Cc1ccc2nc(-c3cc[n+](C)cc3)sc2c1.[I-]. The van der Waals surface area contributed by atoms with Crippen molar-refractivity contribution in [2.45, 2.75) is 6.92 Å². The lowest BCUT2D eigenvalue weighted by molar-refractivity contribution is -0.671. The van der Waals surface area contributed by atoms with Gasteiger partial charge in [-0.2, -0.15) is 0 Å². The van der Waals surface area contributed by atoms with Gasteiger partial charge in [0.1, 0.15) is 12.1 Å². The number of pyridine rings is 1. The number of fused-ring (bicyclic) bond motifs is 1. The maximum absolute atomic E-state index is 4.66. The molecule has 0 atom stereocenters. The maximum Gasteiger partial charge on any atom is 0.169 e. The van der Waals surface area contributed by atoms with Gasteiger partial charge in [0.2, 0.25) is 0 Å². The minimum atomic E-state index is 0. The van der Waals surface area contributed by atoms with E-state index in [1.54, 1.807) is 11.3 Å². The van der Waals surface area contributed by atoms with Crippen LogP contribution in [0.15, 0.2) is 42.7 Å². The number of aromatic nitrogens is 2. The van der Waals surface area contributed by atoms with Gasteiger partial charge < -0.3 is 24.0 Å². The Balaban J connectivity index is 0.00000120. The van der Waals surface area contributed by atoms with Crippen LogP contribution in [0.5, 0.6) is 0 Å². The molecule has 0 saturated heterocycles. The molecule has 0 bridgehead atoms. The van der Waals surface area contributed by atoms with E-state index < -0.39 is 0 Å². The van der Waals surface area contributed by atoms with Crippen LogP contribution in [0.25, 0.3) is 20.8 Å². The molecular formula is C14H13IN2S. The first-order chi connectivity index (χ1) is 8.22. The topological polar surface area (TPSA) is 16.8 Å². The minimum absolute atomic E-state index is 0. The summed E-state index contributed by atoms with van der Waals surface area (Å²) in [4.78, 5) is 4.66. The molecule has 4 heteroatoms. The van der Waals surface area contributed by atoms with Gasteiger partial charge in [-0.3, -0.25) is 0 Å².